The van der Waals surface area contributed by atoms with E-state index in [1.54, 1.807) is 44.3 Å². The van der Waals surface area contributed by atoms with E-state index >= 15 is 0 Å². The van der Waals surface area contributed by atoms with Crippen molar-refractivity contribution in [2.24, 2.45) is 0 Å². The Bertz CT molecular complexity index is 1120. The van der Waals surface area contributed by atoms with Gasteiger partial charge in [0.15, 0.2) is 5.60 Å². The van der Waals surface area contributed by atoms with E-state index in [4.69, 9.17) is 16.3 Å². The molecule has 0 spiro atoms. The zero-order chi connectivity index (χ0) is 20.4. The van der Waals surface area contributed by atoms with E-state index < -0.39 is 5.60 Å². The van der Waals surface area contributed by atoms with E-state index in [-0.39, 0.29) is 5.91 Å². The lowest BCUT2D eigenvalue weighted by molar-refractivity contribution is -0.128. The number of pyridine rings is 1. The fourth-order valence-electron chi connectivity index (χ4n) is 2.71. The maximum absolute atomic E-state index is 12.7. The van der Waals surface area contributed by atoms with Gasteiger partial charge in [-0.05, 0) is 74.5 Å². The van der Waals surface area contributed by atoms with Crippen LogP contribution >= 0.6 is 22.9 Å². The summed E-state index contributed by atoms with van der Waals surface area (Å²) in [6, 6.07) is 18.3. The molecule has 0 aliphatic rings. The molecule has 146 valence electrons. The van der Waals surface area contributed by atoms with Crippen LogP contribution in [0.3, 0.4) is 0 Å². The monoisotopic (exact) mass is 423 g/mol. The summed E-state index contributed by atoms with van der Waals surface area (Å²) in [6.07, 6.45) is 1.76. The Labute approximate surface area is 177 Å². The third-order valence-corrected chi connectivity index (χ3v) is 5.57. The van der Waals surface area contributed by atoms with Gasteiger partial charge in [-0.3, -0.25) is 4.79 Å². The number of carbonyl (C=O) groups excluding carboxylic acids is 1. The van der Waals surface area contributed by atoms with Gasteiger partial charge in [-0.2, -0.15) is 0 Å². The summed E-state index contributed by atoms with van der Waals surface area (Å²) in [5.74, 6) is 0.332. The van der Waals surface area contributed by atoms with Gasteiger partial charge >= 0.3 is 0 Å². The van der Waals surface area contributed by atoms with Crippen LogP contribution in [-0.4, -0.2) is 21.5 Å². The molecule has 2 heterocycles. The predicted molar refractivity (Wildman–Crippen MR) is 118 cm³/mol. The number of hydrogen-bond acceptors (Lipinski definition) is 5. The molecule has 0 unspecified atom stereocenters. The Hall–Kier alpha value is -2.96. The van der Waals surface area contributed by atoms with Gasteiger partial charge in [-0.1, -0.05) is 22.9 Å². The minimum atomic E-state index is -1.05. The predicted octanol–water partition coefficient (Wildman–Crippen LogP) is 5.81. The molecule has 0 saturated heterocycles. The summed E-state index contributed by atoms with van der Waals surface area (Å²) in [5, 5.41) is 4.41. The lowest BCUT2D eigenvalue weighted by Gasteiger charge is -2.25. The van der Waals surface area contributed by atoms with E-state index in [0.29, 0.717) is 16.5 Å². The summed E-state index contributed by atoms with van der Waals surface area (Å²) in [6.45, 7) is 3.44. The highest BCUT2D eigenvalue weighted by Gasteiger charge is 2.30. The van der Waals surface area contributed by atoms with Crippen LogP contribution in [0.5, 0.6) is 5.75 Å². The van der Waals surface area contributed by atoms with Crippen LogP contribution < -0.4 is 10.1 Å². The average Bonchev–Trinajstić information content (AvgIpc) is 3.14. The van der Waals surface area contributed by atoms with Crippen LogP contribution in [0.15, 0.2) is 66.9 Å². The molecule has 0 aliphatic carbocycles. The van der Waals surface area contributed by atoms with Crippen molar-refractivity contribution in [2.75, 3.05) is 5.32 Å². The number of thiazole rings is 1. The van der Waals surface area contributed by atoms with Crippen molar-refractivity contribution in [1.82, 2.24) is 9.97 Å². The van der Waals surface area contributed by atoms with Crippen molar-refractivity contribution in [2.45, 2.75) is 19.4 Å². The first kappa shape index (κ1) is 19.4. The van der Waals surface area contributed by atoms with Gasteiger partial charge in [0.05, 0.1) is 0 Å². The molecule has 0 atom stereocenters. The summed E-state index contributed by atoms with van der Waals surface area (Å²) in [5.41, 5.74) is 1.49. The maximum Gasteiger partial charge on any atom is 0.267 e. The topological polar surface area (TPSA) is 64.1 Å². The maximum atomic E-state index is 12.7. The summed E-state index contributed by atoms with van der Waals surface area (Å²) in [7, 11) is 0. The standard InChI is InChI=1S/C22H18ClN3O2S/c1-22(2,28-17-11-7-15(23)8-12-17)21(27)25-16-9-5-14(6-10-16)19-26-18-4-3-13-24-20(18)29-19/h3-13H,1-2H3,(H,25,27). The number of fused-ring (bicyclic) bond motifs is 1. The Morgan fingerprint density at radius 3 is 2.48 bits per heavy atom. The minimum Gasteiger partial charge on any atom is -0.478 e. The number of anilines is 1. The molecule has 1 amide bonds. The van der Waals surface area contributed by atoms with Crippen molar-refractivity contribution in [3.8, 4) is 16.3 Å². The van der Waals surface area contributed by atoms with Crippen LogP contribution in [-0.2, 0) is 4.79 Å². The number of rotatable bonds is 5. The molecule has 0 fully saturated rings. The molecular formula is C22H18ClN3O2S. The zero-order valence-electron chi connectivity index (χ0n) is 15.8. The van der Waals surface area contributed by atoms with E-state index in [2.05, 4.69) is 15.3 Å². The Morgan fingerprint density at radius 2 is 1.79 bits per heavy atom. The number of aromatic nitrogens is 2. The summed E-state index contributed by atoms with van der Waals surface area (Å²) < 4.78 is 5.83. The second-order valence-corrected chi connectivity index (χ2v) is 8.36. The van der Waals surface area contributed by atoms with Gasteiger partial charge in [0.25, 0.3) is 5.91 Å². The minimum absolute atomic E-state index is 0.246. The number of carbonyl (C=O) groups is 1. The van der Waals surface area contributed by atoms with E-state index in [0.717, 1.165) is 20.9 Å². The molecule has 0 radical (unpaired) electrons. The molecule has 0 saturated carbocycles. The Morgan fingerprint density at radius 1 is 1.07 bits per heavy atom. The van der Waals surface area contributed by atoms with Gasteiger partial charge < -0.3 is 10.1 Å². The molecule has 7 heteroatoms. The fourth-order valence-corrected chi connectivity index (χ4v) is 3.75. The molecule has 2 aromatic heterocycles. The molecular weight excluding hydrogens is 406 g/mol. The number of benzene rings is 2. The van der Waals surface area contributed by atoms with Crippen molar-refractivity contribution >= 4 is 44.9 Å². The van der Waals surface area contributed by atoms with Gasteiger partial charge in [0.2, 0.25) is 0 Å². The number of amides is 1. The Kier molecular flexibility index (Phi) is 5.22. The summed E-state index contributed by atoms with van der Waals surface area (Å²) in [4.78, 5) is 22.5. The fraction of sp³-hybridized carbons (Fsp3) is 0.136. The smallest absolute Gasteiger partial charge is 0.267 e. The van der Waals surface area contributed by atoms with Crippen molar-refractivity contribution in [3.63, 3.8) is 0 Å². The first-order chi connectivity index (χ1) is 13.9. The van der Waals surface area contributed by atoms with Crippen LogP contribution in [0.4, 0.5) is 5.69 Å². The molecule has 4 rings (SSSR count). The molecule has 1 N–H and O–H groups in total. The number of hydrogen-bond donors (Lipinski definition) is 1. The Balaban J connectivity index is 1.46. The third-order valence-electron chi connectivity index (χ3n) is 4.29. The largest absolute Gasteiger partial charge is 0.478 e. The van der Waals surface area contributed by atoms with E-state index in [1.165, 1.54) is 11.3 Å². The summed E-state index contributed by atoms with van der Waals surface area (Å²) >= 11 is 7.43. The van der Waals surface area contributed by atoms with Crippen LogP contribution in [0, 0.1) is 0 Å². The van der Waals surface area contributed by atoms with E-state index in [1.807, 2.05) is 36.4 Å². The van der Waals surface area contributed by atoms with Crippen molar-refractivity contribution < 1.29 is 9.53 Å². The number of nitrogens with one attached hydrogen (secondary N) is 1. The van der Waals surface area contributed by atoms with Crippen LogP contribution in [0.25, 0.3) is 20.9 Å². The van der Waals surface area contributed by atoms with Gasteiger partial charge in [0, 0.05) is 22.5 Å². The lowest BCUT2D eigenvalue weighted by Crippen LogP contribution is -2.42. The highest BCUT2D eigenvalue weighted by Crippen LogP contribution is 2.29. The number of ether oxygens (including phenoxy) is 1. The average molecular weight is 424 g/mol. The second-order valence-electron chi connectivity index (χ2n) is 6.94. The third kappa shape index (κ3) is 4.39. The molecule has 29 heavy (non-hydrogen) atoms. The van der Waals surface area contributed by atoms with Gasteiger partial charge in [-0.25, -0.2) is 9.97 Å². The van der Waals surface area contributed by atoms with Crippen LogP contribution in [0.1, 0.15) is 13.8 Å². The number of nitrogens with zero attached hydrogens (tertiary/aromatic N) is 2. The SMILES string of the molecule is CC(C)(Oc1ccc(Cl)cc1)C(=O)Nc1ccc(-c2nc3cccnc3s2)cc1. The first-order valence-electron chi connectivity index (χ1n) is 8.99. The molecule has 2 aromatic carbocycles. The molecule has 0 bridgehead atoms. The van der Waals surface area contributed by atoms with Crippen molar-refractivity contribution in [1.29, 1.82) is 0 Å². The quantitative estimate of drug-likeness (QED) is 0.440. The van der Waals surface area contributed by atoms with Crippen molar-refractivity contribution in [3.05, 3.63) is 71.9 Å². The molecule has 4 aromatic rings. The second kappa shape index (κ2) is 7.81. The molecule has 5 nitrogen and oxygen atoms in total. The van der Waals surface area contributed by atoms with Gasteiger partial charge in [-0.15, -0.1) is 0 Å². The highest BCUT2D eigenvalue weighted by atomic mass is 35.5. The highest BCUT2D eigenvalue weighted by molar-refractivity contribution is 7.21. The van der Waals surface area contributed by atoms with E-state index in [9.17, 15) is 4.79 Å². The van der Waals surface area contributed by atoms with Gasteiger partial charge in [0.1, 0.15) is 21.1 Å². The normalized spacial score (nSPS) is 11.4. The first-order valence-corrected chi connectivity index (χ1v) is 10.2. The van der Waals surface area contributed by atoms with Crippen LogP contribution in [0.2, 0.25) is 5.02 Å². The molecule has 0 aliphatic heterocycles. The zero-order valence-corrected chi connectivity index (χ0v) is 17.4. The number of halogens is 1. The lowest BCUT2D eigenvalue weighted by atomic mass is 10.1.